The molecule has 0 saturated carbocycles. The van der Waals surface area contributed by atoms with Gasteiger partial charge in [0.25, 0.3) is 0 Å². The molecule has 0 aromatic heterocycles. The van der Waals surface area contributed by atoms with Gasteiger partial charge in [0.1, 0.15) is 5.75 Å². The highest BCUT2D eigenvalue weighted by atomic mass is 32.2. The minimum absolute atomic E-state index is 0.364. The number of nitrogens with zero attached hydrogens (tertiary/aromatic N) is 1. The third-order valence-electron chi connectivity index (χ3n) is 4.32. The van der Waals surface area contributed by atoms with E-state index in [1.54, 1.807) is 23.5 Å². The quantitative estimate of drug-likeness (QED) is 0.634. The zero-order valence-corrected chi connectivity index (χ0v) is 17.3. The third kappa shape index (κ3) is 6.06. The fraction of sp³-hybridized carbons (Fsp3) is 0.429. The van der Waals surface area contributed by atoms with Crippen LogP contribution in [0.15, 0.2) is 53.4 Å². The summed E-state index contributed by atoms with van der Waals surface area (Å²) in [6.45, 7) is 6.53. The van der Waals surface area contributed by atoms with Gasteiger partial charge in [-0.15, -0.1) is 0 Å². The summed E-state index contributed by atoms with van der Waals surface area (Å²) in [5, 5.41) is 3.38. The molecule has 2 rings (SSSR count). The number of benzene rings is 2. The van der Waals surface area contributed by atoms with E-state index in [1.165, 1.54) is 5.56 Å². The average molecular weight is 391 g/mol. The van der Waals surface area contributed by atoms with Gasteiger partial charge >= 0.3 is 0 Å². The second-order valence-corrected chi connectivity index (χ2v) is 8.44. The predicted molar refractivity (Wildman–Crippen MR) is 109 cm³/mol. The number of ether oxygens (including phenoxy) is 1. The van der Waals surface area contributed by atoms with Crippen LogP contribution in [0.5, 0.6) is 5.75 Å². The Balaban J connectivity index is 1.95. The number of hydrogen-bond acceptors (Lipinski definition) is 4. The van der Waals surface area contributed by atoms with E-state index in [2.05, 4.69) is 5.32 Å². The van der Waals surface area contributed by atoms with Gasteiger partial charge in [0.2, 0.25) is 10.0 Å². The fourth-order valence-electron chi connectivity index (χ4n) is 2.87. The molecule has 2 aromatic rings. The lowest BCUT2D eigenvalue weighted by atomic mass is 10.2. The van der Waals surface area contributed by atoms with Crippen LogP contribution in [0.3, 0.4) is 0 Å². The normalized spacial score (nSPS) is 11.7. The van der Waals surface area contributed by atoms with Crippen LogP contribution in [-0.2, 0) is 23.1 Å². The molecule has 0 aliphatic carbocycles. The topological polar surface area (TPSA) is 58.6 Å². The summed E-state index contributed by atoms with van der Waals surface area (Å²) in [6.07, 6.45) is 1.62. The summed E-state index contributed by atoms with van der Waals surface area (Å²) in [5.41, 5.74) is 2.23. The number of sulfonamides is 1. The molecule has 0 aliphatic heterocycles. The van der Waals surface area contributed by atoms with E-state index in [-0.39, 0.29) is 0 Å². The first-order valence-corrected chi connectivity index (χ1v) is 10.9. The van der Waals surface area contributed by atoms with Crippen LogP contribution < -0.4 is 10.1 Å². The molecule has 148 valence electrons. The maximum absolute atomic E-state index is 12.8. The van der Waals surface area contributed by atoms with E-state index < -0.39 is 10.0 Å². The van der Waals surface area contributed by atoms with Crippen LogP contribution in [0.4, 0.5) is 0 Å². The molecular formula is C21H30N2O3S. The maximum Gasteiger partial charge on any atom is 0.243 e. The van der Waals surface area contributed by atoms with E-state index in [9.17, 15) is 8.42 Å². The summed E-state index contributed by atoms with van der Waals surface area (Å²) >= 11 is 0. The van der Waals surface area contributed by atoms with Gasteiger partial charge in [-0.25, -0.2) is 8.42 Å². The van der Waals surface area contributed by atoms with Crippen molar-refractivity contribution in [1.29, 1.82) is 0 Å². The summed E-state index contributed by atoms with van der Waals surface area (Å²) in [4.78, 5) is 0.364. The number of hydrogen-bond donors (Lipinski definition) is 1. The van der Waals surface area contributed by atoms with Crippen molar-refractivity contribution in [3.63, 3.8) is 0 Å². The van der Waals surface area contributed by atoms with E-state index in [4.69, 9.17) is 4.74 Å². The van der Waals surface area contributed by atoms with Gasteiger partial charge in [-0.2, -0.15) is 4.31 Å². The Morgan fingerprint density at radius 2 is 1.33 bits per heavy atom. The highest BCUT2D eigenvalue weighted by molar-refractivity contribution is 7.89. The van der Waals surface area contributed by atoms with Crippen molar-refractivity contribution in [1.82, 2.24) is 9.62 Å². The lowest BCUT2D eigenvalue weighted by Gasteiger charge is -2.21. The van der Waals surface area contributed by atoms with Crippen LogP contribution in [0, 0.1) is 0 Å². The number of methoxy groups -OCH3 is 1. The smallest absolute Gasteiger partial charge is 0.243 e. The summed E-state index contributed by atoms with van der Waals surface area (Å²) < 4.78 is 32.3. The first kappa shape index (κ1) is 21.4. The van der Waals surface area contributed by atoms with Gasteiger partial charge in [-0.05, 0) is 48.2 Å². The van der Waals surface area contributed by atoms with Crippen molar-refractivity contribution in [2.75, 3.05) is 20.2 Å². The zero-order chi connectivity index (χ0) is 19.7. The van der Waals surface area contributed by atoms with Crippen molar-refractivity contribution in [3.8, 4) is 5.75 Å². The Kier molecular flexibility index (Phi) is 8.28. The Labute approximate surface area is 163 Å². The second-order valence-electron chi connectivity index (χ2n) is 6.50. The maximum atomic E-state index is 12.8. The van der Waals surface area contributed by atoms with Gasteiger partial charge < -0.3 is 10.1 Å². The largest absolute Gasteiger partial charge is 0.497 e. The predicted octanol–water partition coefficient (Wildman–Crippen LogP) is 3.80. The molecule has 0 unspecified atom stereocenters. The molecule has 0 bridgehead atoms. The molecule has 0 amide bonds. The van der Waals surface area contributed by atoms with Crippen molar-refractivity contribution in [2.45, 2.75) is 44.7 Å². The molecule has 0 atom stereocenters. The van der Waals surface area contributed by atoms with E-state index in [0.29, 0.717) is 24.5 Å². The Bertz CT molecular complexity index is 781. The lowest BCUT2D eigenvalue weighted by molar-refractivity contribution is 0.410. The molecule has 27 heavy (non-hydrogen) atoms. The van der Waals surface area contributed by atoms with Gasteiger partial charge in [-0.1, -0.05) is 38.1 Å². The number of nitrogens with one attached hydrogen (secondary N) is 1. The second kappa shape index (κ2) is 10.4. The molecule has 0 fully saturated rings. The highest BCUT2D eigenvalue weighted by Crippen LogP contribution is 2.17. The van der Waals surface area contributed by atoms with Gasteiger partial charge in [0.15, 0.2) is 0 Å². The van der Waals surface area contributed by atoms with E-state index in [1.807, 2.05) is 50.2 Å². The molecular weight excluding hydrogens is 360 g/mol. The Morgan fingerprint density at radius 3 is 1.78 bits per heavy atom. The average Bonchev–Trinajstić information content (AvgIpc) is 2.69. The lowest BCUT2D eigenvalue weighted by Crippen LogP contribution is -2.32. The van der Waals surface area contributed by atoms with Crippen molar-refractivity contribution in [3.05, 3.63) is 59.7 Å². The summed E-state index contributed by atoms with van der Waals surface area (Å²) in [7, 11) is -1.76. The first-order valence-electron chi connectivity index (χ1n) is 9.44. The Morgan fingerprint density at radius 1 is 0.852 bits per heavy atom. The van der Waals surface area contributed by atoms with E-state index in [0.717, 1.165) is 30.7 Å². The SMILES string of the molecule is CCCN(CCC)S(=O)(=O)c1ccc(CNCc2ccc(OC)cc2)cc1. The number of rotatable bonds is 11. The molecule has 0 spiro atoms. The minimum atomic E-state index is -3.41. The minimum Gasteiger partial charge on any atom is -0.497 e. The van der Waals surface area contributed by atoms with Crippen LogP contribution in [0.25, 0.3) is 0 Å². The van der Waals surface area contributed by atoms with Crippen LogP contribution in [-0.4, -0.2) is 32.9 Å². The van der Waals surface area contributed by atoms with Crippen LogP contribution >= 0.6 is 0 Å². The van der Waals surface area contributed by atoms with Crippen molar-refractivity contribution in [2.24, 2.45) is 0 Å². The third-order valence-corrected chi connectivity index (χ3v) is 6.24. The molecule has 2 aromatic carbocycles. The van der Waals surface area contributed by atoms with Gasteiger partial charge in [-0.3, -0.25) is 0 Å². The Hall–Kier alpha value is -1.89. The van der Waals surface area contributed by atoms with E-state index >= 15 is 0 Å². The summed E-state index contributed by atoms with van der Waals surface area (Å²) in [5.74, 6) is 0.843. The molecule has 5 nitrogen and oxygen atoms in total. The standard InChI is InChI=1S/C21H30N2O3S/c1-4-14-23(15-5-2)27(24,25)21-12-8-19(9-13-21)17-22-16-18-6-10-20(26-3)11-7-18/h6-13,22H,4-5,14-17H2,1-3H3. The van der Waals surface area contributed by atoms with Crippen LogP contribution in [0.1, 0.15) is 37.8 Å². The van der Waals surface area contributed by atoms with Crippen molar-refractivity contribution >= 4 is 10.0 Å². The molecule has 6 heteroatoms. The first-order chi connectivity index (χ1) is 13.0. The molecule has 0 aliphatic rings. The van der Waals surface area contributed by atoms with Gasteiger partial charge in [0.05, 0.1) is 12.0 Å². The highest BCUT2D eigenvalue weighted by Gasteiger charge is 2.22. The zero-order valence-electron chi connectivity index (χ0n) is 16.4. The fourth-order valence-corrected chi connectivity index (χ4v) is 4.50. The van der Waals surface area contributed by atoms with Crippen molar-refractivity contribution < 1.29 is 13.2 Å². The molecule has 0 heterocycles. The van der Waals surface area contributed by atoms with Crippen LogP contribution in [0.2, 0.25) is 0 Å². The summed E-state index contributed by atoms with van der Waals surface area (Å²) in [6, 6.07) is 15.1. The van der Waals surface area contributed by atoms with Gasteiger partial charge in [0, 0.05) is 26.2 Å². The molecule has 0 saturated heterocycles. The molecule has 1 N–H and O–H groups in total. The monoisotopic (exact) mass is 390 g/mol. The molecule has 0 radical (unpaired) electrons.